The van der Waals surface area contributed by atoms with Crippen LogP contribution in [-0.2, 0) is 11.2 Å². The molecule has 2 aromatic rings. The normalized spacial score (nSPS) is 29.6. The van der Waals surface area contributed by atoms with E-state index in [2.05, 4.69) is 0 Å². The molecule has 156 valence electrons. The Kier molecular flexibility index (Phi) is 6.11. The first kappa shape index (κ1) is 20.6. The summed E-state index contributed by atoms with van der Waals surface area (Å²) in [6, 6.07) is 13.1. The molecule has 1 saturated carbocycles. The fourth-order valence-corrected chi connectivity index (χ4v) is 3.75. The molecule has 0 aromatic heterocycles. The maximum absolute atomic E-state index is 10.4. The Morgan fingerprint density at radius 1 is 0.966 bits per heavy atom. The van der Waals surface area contributed by atoms with Gasteiger partial charge in [0.1, 0.15) is 36.3 Å². The highest BCUT2D eigenvalue weighted by Crippen LogP contribution is 2.34. The fourth-order valence-electron chi connectivity index (χ4n) is 3.57. The molecule has 2 aliphatic rings. The van der Waals surface area contributed by atoms with Crippen LogP contribution in [0.5, 0.6) is 5.75 Å². The van der Waals surface area contributed by atoms with Crippen LogP contribution in [0.1, 0.15) is 35.6 Å². The molecule has 4 rings (SSSR count). The predicted octanol–water partition coefficient (Wildman–Crippen LogP) is 1.99. The van der Waals surface area contributed by atoms with E-state index in [0.717, 1.165) is 29.7 Å². The number of hydrogen-bond acceptors (Lipinski definition) is 6. The summed E-state index contributed by atoms with van der Waals surface area (Å²) < 4.78 is 11.4. The number of rotatable bonds is 6. The molecule has 2 fully saturated rings. The van der Waals surface area contributed by atoms with Gasteiger partial charge in [0, 0.05) is 5.02 Å². The molecule has 0 bridgehead atoms. The lowest BCUT2D eigenvalue weighted by atomic mass is 9.90. The SMILES string of the molecule is OC[C@H]1O[C@@H](c2ccc(Cl)c(Cc3ccc(OC4CC4)cc3)c2)[C@H](O)[C@@H](O)[C@@H]1O. The average molecular weight is 421 g/mol. The second-order valence-electron chi connectivity index (χ2n) is 7.74. The lowest BCUT2D eigenvalue weighted by Gasteiger charge is -2.40. The summed E-state index contributed by atoms with van der Waals surface area (Å²) in [5.74, 6) is 0.859. The van der Waals surface area contributed by atoms with Gasteiger partial charge < -0.3 is 29.9 Å². The van der Waals surface area contributed by atoms with Crippen LogP contribution in [0.25, 0.3) is 0 Å². The zero-order valence-electron chi connectivity index (χ0n) is 15.8. The summed E-state index contributed by atoms with van der Waals surface area (Å²) in [4.78, 5) is 0. The fraction of sp³-hybridized carbons (Fsp3) is 0.455. The van der Waals surface area contributed by atoms with Crippen LogP contribution in [0.4, 0.5) is 0 Å². The van der Waals surface area contributed by atoms with Crippen LogP contribution >= 0.6 is 11.6 Å². The number of aliphatic hydroxyl groups is 4. The van der Waals surface area contributed by atoms with E-state index in [1.807, 2.05) is 30.3 Å². The molecule has 1 saturated heterocycles. The second-order valence-corrected chi connectivity index (χ2v) is 8.15. The van der Waals surface area contributed by atoms with E-state index in [0.29, 0.717) is 23.1 Å². The highest BCUT2D eigenvalue weighted by molar-refractivity contribution is 6.31. The number of hydrogen-bond donors (Lipinski definition) is 4. The summed E-state index contributed by atoms with van der Waals surface area (Å²) >= 11 is 6.38. The number of benzene rings is 2. The zero-order valence-corrected chi connectivity index (χ0v) is 16.6. The van der Waals surface area contributed by atoms with Gasteiger partial charge in [-0.25, -0.2) is 0 Å². The van der Waals surface area contributed by atoms with Gasteiger partial charge in [-0.2, -0.15) is 0 Å². The van der Waals surface area contributed by atoms with Crippen molar-refractivity contribution in [1.29, 1.82) is 0 Å². The van der Waals surface area contributed by atoms with Gasteiger partial charge in [-0.1, -0.05) is 35.9 Å². The Labute approximate surface area is 174 Å². The zero-order chi connectivity index (χ0) is 20.5. The van der Waals surface area contributed by atoms with Gasteiger partial charge >= 0.3 is 0 Å². The molecule has 0 amide bonds. The summed E-state index contributed by atoms with van der Waals surface area (Å²) in [5, 5.41) is 40.4. The van der Waals surface area contributed by atoms with Gasteiger partial charge in [-0.15, -0.1) is 0 Å². The molecule has 4 N–H and O–H groups in total. The number of halogens is 1. The van der Waals surface area contributed by atoms with Crippen LogP contribution < -0.4 is 4.74 Å². The van der Waals surface area contributed by atoms with E-state index in [9.17, 15) is 20.4 Å². The third kappa shape index (κ3) is 4.58. The lowest BCUT2D eigenvalue weighted by molar-refractivity contribution is -0.231. The van der Waals surface area contributed by atoms with Crippen LogP contribution in [-0.4, -0.2) is 57.6 Å². The third-order valence-corrected chi connectivity index (χ3v) is 5.80. The van der Waals surface area contributed by atoms with Crippen LogP contribution in [0.15, 0.2) is 42.5 Å². The molecule has 0 spiro atoms. The first-order chi connectivity index (χ1) is 14.0. The lowest BCUT2D eigenvalue weighted by Crippen LogP contribution is -2.55. The monoisotopic (exact) mass is 420 g/mol. The Balaban J connectivity index is 1.52. The molecule has 5 atom stereocenters. The summed E-state index contributed by atoms with van der Waals surface area (Å²) in [6.45, 7) is -0.461. The van der Waals surface area contributed by atoms with Crippen molar-refractivity contribution >= 4 is 11.6 Å². The Morgan fingerprint density at radius 3 is 2.34 bits per heavy atom. The third-order valence-electron chi connectivity index (χ3n) is 5.44. The molecular weight excluding hydrogens is 396 g/mol. The predicted molar refractivity (Wildman–Crippen MR) is 107 cm³/mol. The van der Waals surface area contributed by atoms with Gasteiger partial charge in [0.2, 0.25) is 0 Å². The first-order valence-electron chi connectivity index (χ1n) is 9.80. The molecule has 29 heavy (non-hydrogen) atoms. The summed E-state index contributed by atoms with van der Waals surface area (Å²) in [5.41, 5.74) is 2.52. The minimum Gasteiger partial charge on any atom is -0.490 e. The molecule has 0 radical (unpaired) electrons. The van der Waals surface area contributed by atoms with Crippen molar-refractivity contribution < 1.29 is 29.9 Å². The van der Waals surface area contributed by atoms with Gasteiger partial charge in [-0.3, -0.25) is 0 Å². The smallest absolute Gasteiger partial charge is 0.119 e. The summed E-state index contributed by atoms with van der Waals surface area (Å²) in [6.07, 6.45) is -2.78. The molecule has 2 aromatic carbocycles. The van der Waals surface area contributed by atoms with E-state index in [4.69, 9.17) is 21.1 Å². The molecular formula is C22H25ClO6. The molecule has 6 nitrogen and oxygen atoms in total. The number of aliphatic hydroxyl groups excluding tert-OH is 4. The molecule has 1 heterocycles. The standard InChI is InChI=1S/C22H25ClO6/c23-17-8-3-13(22-21(27)20(26)19(25)18(11-24)29-22)10-14(17)9-12-1-4-15(5-2-12)28-16-6-7-16/h1-5,8,10,16,18-22,24-27H,6-7,9,11H2/t18-,19-,20+,21-,22+/m1/s1. The second kappa shape index (κ2) is 8.60. The first-order valence-corrected chi connectivity index (χ1v) is 10.2. The molecule has 0 unspecified atom stereocenters. The van der Waals surface area contributed by atoms with Crippen molar-refractivity contribution in [3.8, 4) is 5.75 Å². The average Bonchev–Trinajstić information content (AvgIpc) is 3.54. The molecule has 1 aliphatic heterocycles. The highest BCUT2D eigenvalue weighted by Gasteiger charge is 2.44. The minimum atomic E-state index is -1.41. The van der Waals surface area contributed by atoms with Crippen molar-refractivity contribution in [3.05, 3.63) is 64.2 Å². The van der Waals surface area contributed by atoms with Crippen molar-refractivity contribution in [3.63, 3.8) is 0 Å². The van der Waals surface area contributed by atoms with E-state index in [1.54, 1.807) is 12.1 Å². The van der Waals surface area contributed by atoms with E-state index in [-0.39, 0.29) is 0 Å². The van der Waals surface area contributed by atoms with Crippen molar-refractivity contribution in [2.75, 3.05) is 6.61 Å². The minimum absolute atomic E-state index is 0.352. The van der Waals surface area contributed by atoms with Crippen molar-refractivity contribution in [2.24, 2.45) is 0 Å². The quantitative estimate of drug-likeness (QED) is 0.570. The molecule has 1 aliphatic carbocycles. The maximum Gasteiger partial charge on any atom is 0.119 e. The van der Waals surface area contributed by atoms with E-state index in [1.165, 1.54) is 0 Å². The summed E-state index contributed by atoms with van der Waals surface area (Å²) in [7, 11) is 0. The Hall–Kier alpha value is -1.67. The van der Waals surface area contributed by atoms with Gasteiger partial charge in [-0.05, 0) is 54.2 Å². The number of ether oxygens (including phenoxy) is 2. The van der Waals surface area contributed by atoms with E-state index < -0.39 is 37.1 Å². The Morgan fingerprint density at radius 2 is 1.69 bits per heavy atom. The largest absolute Gasteiger partial charge is 0.490 e. The van der Waals surface area contributed by atoms with Crippen LogP contribution in [0.2, 0.25) is 5.02 Å². The topological polar surface area (TPSA) is 99.4 Å². The molecule has 7 heteroatoms. The Bertz CT molecular complexity index is 836. The van der Waals surface area contributed by atoms with Crippen LogP contribution in [0.3, 0.4) is 0 Å². The van der Waals surface area contributed by atoms with Gasteiger partial charge in [0.15, 0.2) is 0 Å². The van der Waals surface area contributed by atoms with Gasteiger partial charge in [0.05, 0.1) is 12.7 Å². The van der Waals surface area contributed by atoms with Crippen LogP contribution in [0, 0.1) is 0 Å². The van der Waals surface area contributed by atoms with Crippen molar-refractivity contribution in [1.82, 2.24) is 0 Å². The van der Waals surface area contributed by atoms with E-state index >= 15 is 0 Å². The maximum atomic E-state index is 10.4. The van der Waals surface area contributed by atoms with Crippen molar-refractivity contribution in [2.45, 2.75) is 55.9 Å². The van der Waals surface area contributed by atoms with Gasteiger partial charge in [0.25, 0.3) is 0 Å². The highest BCUT2D eigenvalue weighted by atomic mass is 35.5.